The third-order valence-electron chi connectivity index (χ3n) is 11.3. The maximum absolute atomic E-state index is 13.2. The van der Waals surface area contributed by atoms with Gasteiger partial charge in [-0.25, -0.2) is 4.79 Å². The van der Waals surface area contributed by atoms with E-state index in [0.29, 0.717) is 24.9 Å². The van der Waals surface area contributed by atoms with E-state index < -0.39 is 0 Å². The fourth-order valence-electron chi connectivity index (χ4n) is 8.90. The Morgan fingerprint density at radius 3 is 2.58 bits per heavy atom. The van der Waals surface area contributed by atoms with Crippen molar-refractivity contribution in [2.24, 2.45) is 39.7 Å². The van der Waals surface area contributed by atoms with E-state index in [9.17, 15) is 9.90 Å². The average Bonchev–Trinajstić information content (AvgIpc) is 3.26. The number of fused-ring (bicyclic) bond motifs is 5. The summed E-state index contributed by atoms with van der Waals surface area (Å²) >= 11 is 0. The zero-order chi connectivity index (χ0) is 29.1. The summed E-state index contributed by atoms with van der Waals surface area (Å²) in [6.45, 7) is 11.7. The Bertz CT molecular complexity index is 945. The van der Waals surface area contributed by atoms with Crippen LogP contribution < -0.4 is 10.6 Å². The van der Waals surface area contributed by atoms with Crippen molar-refractivity contribution in [3.8, 4) is 0 Å². The van der Waals surface area contributed by atoms with Gasteiger partial charge in [0.1, 0.15) is 0 Å². The van der Waals surface area contributed by atoms with Gasteiger partial charge in [-0.15, -0.1) is 0 Å². The Labute approximate surface area is 243 Å². The van der Waals surface area contributed by atoms with Gasteiger partial charge in [0.25, 0.3) is 0 Å². The molecular formula is C32H58N5O3+. The van der Waals surface area contributed by atoms with Crippen LogP contribution in [0.4, 0.5) is 4.79 Å². The number of aliphatic hydroxyl groups excluding tert-OH is 1. The third-order valence-corrected chi connectivity index (χ3v) is 11.3. The number of carbonyl (C=O) groups is 1. The predicted molar refractivity (Wildman–Crippen MR) is 162 cm³/mol. The second-order valence-corrected chi connectivity index (χ2v) is 14.7. The zero-order valence-corrected chi connectivity index (χ0v) is 26.5. The van der Waals surface area contributed by atoms with Crippen LogP contribution in [-0.4, -0.2) is 99.9 Å². The standard InChI is InChI=1S/C32H58N5O3/c1-23(35-40-30(39)36(20-21-37(5,6)7)19-18-34-17-16-33-4)27-10-11-28-26-9-8-24-22-25(38)12-14-31(24,2)29(26)13-15-32(27,28)3/h22,25-29,33-34,38H,8-21H2,1-7H3/q+1/b35-23+/t25-,26+,27-,28+,29+,31+,32-/m1/s1. The number of aliphatic hydroxyl groups is 1. The summed E-state index contributed by atoms with van der Waals surface area (Å²) in [6.07, 6.45) is 10.9. The predicted octanol–water partition coefficient (Wildman–Crippen LogP) is 4.26. The number of hydrogen-bond acceptors (Lipinski definition) is 6. The van der Waals surface area contributed by atoms with Gasteiger partial charge >= 0.3 is 6.09 Å². The molecule has 228 valence electrons. The first-order chi connectivity index (χ1) is 18.9. The summed E-state index contributed by atoms with van der Waals surface area (Å²) in [7, 11) is 8.37. The SMILES string of the molecule is CNCCNCCN(CC[N+](C)(C)C)C(=O)O/N=C(\C)[C@H]1CC[C@H]2[C@@H]3CCC4=C[C@H](O)CC[C@]4(C)[C@H]3CC[C@]12C. The maximum Gasteiger partial charge on any atom is 0.436 e. The van der Waals surface area contributed by atoms with Crippen LogP contribution >= 0.6 is 0 Å². The lowest BCUT2D eigenvalue weighted by atomic mass is 9.46. The van der Waals surface area contributed by atoms with Gasteiger partial charge in [-0.1, -0.05) is 30.7 Å². The molecule has 3 fully saturated rings. The molecule has 0 aromatic heterocycles. The Kier molecular flexibility index (Phi) is 10.1. The molecule has 0 aromatic rings. The highest BCUT2D eigenvalue weighted by atomic mass is 16.7. The number of quaternary nitrogens is 1. The zero-order valence-electron chi connectivity index (χ0n) is 26.5. The Morgan fingerprint density at radius 1 is 1.07 bits per heavy atom. The first kappa shape index (κ1) is 31.5. The molecule has 0 bridgehead atoms. The van der Waals surface area contributed by atoms with Crippen LogP contribution in [0.1, 0.15) is 72.1 Å². The first-order valence-electron chi connectivity index (χ1n) is 15.9. The number of likely N-dealkylation sites (N-methyl/N-ethyl adjacent to an activating group) is 2. The molecular weight excluding hydrogens is 502 g/mol. The van der Waals surface area contributed by atoms with Crippen molar-refractivity contribution in [2.75, 3.05) is 67.5 Å². The van der Waals surface area contributed by atoms with Gasteiger partial charge in [-0.2, -0.15) is 0 Å². The molecule has 4 aliphatic carbocycles. The molecule has 7 atom stereocenters. The van der Waals surface area contributed by atoms with Crippen LogP contribution in [0, 0.1) is 34.5 Å². The van der Waals surface area contributed by atoms with Crippen molar-refractivity contribution in [1.82, 2.24) is 15.5 Å². The number of allylic oxidation sites excluding steroid dienone is 1. The number of amides is 1. The van der Waals surface area contributed by atoms with Crippen molar-refractivity contribution in [3.63, 3.8) is 0 Å². The summed E-state index contributed by atoms with van der Waals surface area (Å²) in [5.74, 6) is 2.54. The van der Waals surface area contributed by atoms with Crippen LogP contribution in [0.25, 0.3) is 0 Å². The number of oxime groups is 1. The monoisotopic (exact) mass is 560 g/mol. The van der Waals surface area contributed by atoms with E-state index in [-0.39, 0.29) is 23.0 Å². The molecule has 0 aromatic carbocycles. The number of rotatable bonds is 11. The summed E-state index contributed by atoms with van der Waals surface area (Å²) in [5.41, 5.74) is 2.99. The molecule has 3 N–H and O–H groups in total. The Morgan fingerprint density at radius 2 is 1.85 bits per heavy atom. The lowest BCUT2D eigenvalue weighted by Gasteiger charge is -2.58. The molecule has 1 amide bonds. The van der Waals surface area contributed by atoms with E-state index in [0.717, 1.165) is 73.9 Å². The van der Waals surface area contributed by atoms with Gasteiger partial charge < -0.3 is 20.2 Å². The molecule has 4 rings (SSSR count). The molecule has 0 radical (unpaired) electrons. The normalized spacial score (nSPS) is 35.9. The highest BCUT2D eigenvalue weighted by Crippen LogP contribution is 2.66. The molecule has 40 heavy (non-hydrogen) atoms. The molecule has 0 heterocycles. The van der Waals surface area contributed by atoms with Crippen molar-refractivity contribution in [2.45, 2.75) is 78.2 Å². The number of carbonyl (C=O) groups excluding carboxylic acids is 1. The van der Waals surface area contributed by atoms with Crippen LogP contribution in [0.15, 0.2) is 16.8 Å². The van der Waals surface area contributed by atoms with Gasteiger partial charge in [0.05, 0.1) is 46.0 Å². The second kappa shape index (κ2) is 12.8. The van der Waals surface area contributed by atoms with Crippen LogP contribution in [0.2, 0.25) is 0 Å². The smallest absolute Gasteiger partial charge is 0.389 e. The fraction of sp³-hybridized carbons (Fsp3) is 0.875. The number of nitrogens with zero attached hydrogens (tertiary/aromatic N) is 3. The highest BCUT2D eigenvalue weighted by molar-refractivity contribution is 5.85. The minimum atomic E-state index is -0.342. The summed E-state index contributed by atoms with van der Waals surface area (Å²) in [5, 5.41) is 21.3. The minimum Gasteiger partial charge on any atom is -0.389 e. The van der Waals surface area contributed by atoms with Gasteiger partial charge in [-0.05, 0) is 93.9 Å². The number of hydrogen-bond donors (Lipinski definition) is 3. The molecule has 8 nitrogen and oxygen atoms in total. The van der Waals surface area contributed by atoms with Crippen molar-refractivity contribution in [1.29, 1.82) is 0 Å². The summed E-state index contributed by atoms with van der Waals surface area (Å²) < 4.78 is 0.792. The fourth-order valence-corrected chi connectivity index (χ4v) is 8.90. The van der Waals surface area contributed by atoms with Gasteiger partial charge in [0, 0.05) is 32.1 Å². The molecule has 0 unspecified atom stereocenters. The first-order valence-corrected chi connectivity index (χ1v) is 15.9. The molecule has 8 heteroatoms. The van der Waals surface area contributed by atoms with Crippen molar-refractivity contribution in [3.05, 3.63) is 11.6 Å². The van der Waals surface area contributed by atoms with Gasteiger partial charge in [-0.3, -0.25) is 9.74 Å². The van der Waals surface area contributed by atoms with E-state index in [1.165, 1.54) is 31.3 Å². The van der Waals surface area contributed by atoms with E-state index >= 15 is 0 Å². The van der Waals surface area contributed by atoms with E-state index in [1.54, 1.807) is 4.90 Å². The van der Waals surface area contributed by atoms with E-state index in [2.05, 4.69) is 63.8 Å². The Hall–Kier alpha value is -1.48. The third kappa shape index (κ3) is 6.77. The second-order valence-electron chi connectivity index (χ2n) is 14.7. The summed E-state index contributed by atoms with van der Waals surface area (Å²) in [4.78, 5) is 20.6. The largest absolute Gasteiger partial charge is 0.436 e. The molecule has 4 aliphatic rings. The summed E-state index contributed by atoms with van der Waals surface area (Å²) in [6, 6.07) is 0. The molecule has 0 spiro atoms. The maximum atomic E-state index is 13.2. The quantitative estimate of drug-likeness (QED) is 0.0878. The van der Waals surface area contributed by atoms with E-state index in [1.807, 2.05) is 7.05 Å². The van der Waals surface area contributed by atoms with Crippen molar-refractivity contribution < 1.29 is 19.2 Å². The lowest BCUT2D eigenvalue weighted by molar-refractivity contribution is -0.869. The average molecular weight is 561 g/mol. The topological polar surface area (TPSA) is 86.2 Å². The number of nitrogens with one attached hydrogen (secondary N) is 2. The van der Waals surface area contributed by atoms with E-state index in [4.69, 9.17) is 4.84 Å². The Balaban J connectivity index is 1.40. The molecule has 0 saturated heterocycles. The lowest BCUT2D eigenvalue weighted by Crippen LogP contribution is -2.51. The molecule has 3 saturated carbocycles. The minimum absolute atomic E-state index is 0.216. The highest BCUT2D eigenvalue weighted by Gasteiger charge is 2.59. The molecule has 0 aliphatic heterocycles. The van der Waals surface area contributed by atoms with Crippen molar-refractivity contribution >= 4 is 11.8 Å². The van der Waals surface area contributed by atoms with Crippen LogP contribution in [0.5, 0.6) is 0 Å². The van der Waals surface area contributed by atoms with Crippen LogP contribution in [0.3, 0.4) is 0 Å². The van der Waals surface area contributed by atoms with Gasteiger partial charge in [0.15, 0.2) is 0 Å². The van der Waals surface area contributed by atoms with Gasteiger partial charge in [0.2, 0.25) is 0 Å². The van der Waals surface area contributed by atoms with Crippen LogP contribution in [-0.2, 0) is 4.84 Å².